The maximum absolute atomic E-state index is 11.9. The van der Waals surface area contributed by atoms with Gasteiger partial charge in [-0.25, -0.2) is 0 Å². The molecule has 1 aliphatic carbocycles. The van der Waals surface area contributed by atoms with Crippen LogP contribution in [0, 0.1) is 5.92 Å². The summed E-state index contributed by atoms with van der Waals surface area (Å²) in [5, 5.41) is 6.43. The fourth-order valence-corrected chi connectivity index (χ4v) is 2.83. The molecule has 0 aromatic rings. The summed E-state index contributed by atoms with van der Waals surface area (Å²) in [5.41, 5.74) is 0. The Bertz CT molecular complexity index is 245. The van der Waals surface area contributed by atoms with Crippen molar-refractivity contribution in [2.75, 3.05) is 0 Å². The van der Waals surface area contributed by atoms with Gasteiger partial charge in [-0.3, -0.25) is 4.79 Å². The number of hydrogen-bond acceptors (Lipinski definition) is 2. The molecule has 1 fully saturated rings. The van der Waals surface area contributed by atoms with E-state index in [-0.39, 0.29) is 18.0 Å². The van der Waals surface area contributed by atoms with Gasteiger partial charge in [0.1, 0.15) is 0 Å². The zero-order valence-electron chi connectivity index (χ0n) is 12.5. The topological polar surface area (TPSA) is 41.1 Å². The molecule has 3 nitrogen and oxygen atoms in total. The maximum atomic E-state index is 11.9. The lowest BCUT2D eigenvalue weighted by molar-refractivity contribution is -0.123. The van der Waals surface area contributed by atoms with Crippen LogP contribution in [0.25, 0.3) is 0 Å². The average molecular weight is 254 g/mol. The highest BCUT2D eigenvalue weighted by atomic mass is 16.2. The van der Waals surface area contributed by atoms with Crippen molar-refractivity contribution in [2.24, 2.45) is 5.92 Å². The van der Waals surface area contributed by atoms with E-state index in [1.54, 1.807) is 0 Å². The number of hydrogen-bond donors (Lipinski definition) is 2. The Kier molecular flexibility index (Phi) is 6.69. The molecule has 0 spiro atoms. The predicted octanol–water partition coefficient (Wildman–Crippen LogP) is 2.85. The summed E-state index contributed by atoms with van der Waals surface area (Å²) in [5.74, 6) is 0.854. The van der Waals surface area contributed by atoms with Crippen LogP contribution in [0.3, 0.4) is 0 Å². The molecule has 2 atom stereocenters. The van der Waals surface area contributed by atoms with E-state index in [4.69, 9.17) is 0 Å². The number of carbonyl (C=O) groups excluding carboxylic acids is 1. The van der Waals surface area contributed by atoms with Gasteiger partial charge in [0.25, 0.3) is 0 Å². The van der Waals surface area contributed by atoms with Crippen molar-refractivity contribution in [1.29, 1.82) is 0 Å². The van der Waals surface area contributed by atoms with Crippen molar-refractivity contribution in [2.45, 2.75) is 84.3 Å². The zero-order chi connectivity index (χ0) is 13.5. The third kappa shape index (κ3) is 5.38. The monoisotopic (exact) mass is 254 g/mol. The van der Waals surface area contributed by atoms with E-state index >= 15 is 0 Å². The first-order valence-electron chi connectivity index (χ1n) is 7.57. The lowest BCUT2D eigenvalue weighted by Gasteiger charge is -2.27. The first-order valence-corrected chi connectivity index (χ1v) is 7.57. The standard InChI is InChI=1S/C15H30N2O/c1-11(2)16-15(18)13(4)17-12(3)14-9-7-5-6-8-10-14/h11-14,17H,5-10H2,1-4H3,(H,16,18)/t12-,13?/m1/s1. The normalized spacial score (nSPS) is 21.4. The highest BCUT2D eigenvalue weighted by molar-refractivity contribution is 5.81. The van der Waals surface area contributed by atoms with Crippen molar-refractivity contribution in [3.8, 4) is 0 Å². The van der Waals surface area contributed by atoms with Gasteiger partial charge in [0.2, 0.25) is 5.91 Å². The molecule has 0 radical (unpaired) electrons. The number of amides is 1. The lowest BCUT2D eigenvalue weighted by Crippen LogP contribution is -2.49. The maximum Gasteiger partial charge on any atom is 0.237 e. The Balaban J connectivity index is 2.37. The highest BCUT2D eigenvalue weighted by Crippen LogP contribution is 2.25. The first-order chi connectivity index (χ1) is 8.50. The van der Waals surface area contributed by atoms with E-state index in [2.05, 4.69) is 17.6 Å². The molecule has 0 aliphatic heterocycles. The molecule has 0 heterocycles. The van der Waals surface area contributed by atoms with Crippen LogP contribution in [-0.4, -0.2) is 24.0 Å². The van der Waals surface area contributed by atoms with Gasteiger partial charge < -0.3 is 10.6 Å². The van der Waals surface area contributed by atoms with Crippen LogP contribution in [0.2, 0.25) is 0 Å². The molecule has 0 bridgehead atoms. The van der Waals surface area contributed by atoms with E-state index < -0.39 is 0 Å². The van der Waals surface area contributed by atoms with E-state index in [9.17, 15) is 4.79 Å². The molecule has 0 aromatic heterocycles. The molecule has 0 aromatic carbocycles. The molecule has 1 aliphatic rings. The molecule has 0 saturated heterocycles. The van der Waals surface area contributed by atoms with E-state index in [1.807, 2.05) is 20.8 Å². The molecule has 106 valence electrons. The lowest BCUT2D eigenvalue weighted by atomic mass is 9.92. The van der Waals surface area contributed by atoms with Gasteiger partial charge in [-0.05, 0) is 46.5 Å². The Morgan fingerprint density at radius 3 is 2.06 bits per heavy atom. The fourth-order valence-electron chi connectivity index (χ4n) is 2.83. The Labute approximate surface area is 112 Å². The third-order valence-corrected chi connectivity index (χ3v) is 3.94. The summed E-state index contributed by atoms with van der Waals surface area (Å²) in [7, 11) is 0. The predicted molar refractivity (Wildman–Crippen MR) is 76.5 cm³/mol. The Morgan fingerprint density at radius 1 is 1.00 bits per heavy atom. The van der Waals surface area contributed by atoms with Gasteiger partial charge in [0, 0.05) is 12.1 Å². The molecule has 2 N–H and O–H groups in total. The molecule has 1 rings (SSSR count). The minimum Gasteiger partial charge on any atom is -0.353 e. The summed E-state index contributed by atoms with van der Waals surface area (Å²) in [6, 6.07) is 0.566. The average Bonchev–Trinajstić information content (AvgIpc) is 2.56. The SMILES string of the molecule is CC(C)NC(=O)C(C)N[C@H](C)C1CCCCCC1. The van der Waals surface area contributed by atoms with Crippen LogP contribution in [0.4, 0.5) is 0 Å². The second-order valence-corrected chi connectivity index (χ2v) is 6.09. The zero-order valence-corrected chi connectivity index (χ0v) is 12.5. The van der Waals surface area contributed by atoms with Crippen molar-refractivity contribution in [1.82, 2.24) is 10.6 Å². The van der Waals surface area contributed by atoms with Gasteiger partial charge in [-0.1, -0.05) is 25.7 Å². The summed E-state index contributed by atoms with van der Waals surface area (Å²) in [4.78, 5) is 11.9. The number of carbonyl (C=O) groups is 1. The quantitative estimate of drug-likeness (QED) is 0.741. The third-order valence-electron chi connectivity index (χ3n) is 3.94. The second kappa shape index (κ2) is 7.78. The molecular weight excluding hydrogens is 224 g/mol. The number of rotatable bonds is 5. The fraction of sp³-hybridized carbons (Fsp3) is 0.933. The Hall–Kier alpha value is -0.570. The second-order valence-electron chi connectivity index (χ2n) is 6.09. The minimum atomic E-state index is -0.0920. The first kappa shape index (κ1) is 15.5. The van der Waals surface area contributed by atoms with Crippen LogP contribution in [0.15, 0.2) is 0 Å². The van der Waals surface area contributed by atoms with Gasteiger partial charge >= 0.3 is 0 Å². The van der Waals surface area contributed by atoms with E-state index in [1.165, 1.54) is 38.5 Å². The van der Waals surface area contributed by atoms with Crippen LogP contribution < -0.4 is 10.6 Å². The number of nitrogens with one attached hydrogen (secondary N) is 2. The Morgan fingerprint density at radius 2 is 1.56 bits per heavy atom. The smallest absolute Gasteiger partial charge is 0.237 e. The van der Waals surface area contributed by atoms with Crippen molar-refractivity contribution < 1.29 is 4.79 Å². The molecule has 1 saturated carbocycles. The van der Waals surface area contributed by atoms with Crippen molar-refractivity contribution in [3.63, 3.8) is 0 Å². The van der Waals surface area contributed by atoms with Crippen LogP contribution >= 0.6 is 0 Å². The van der Waals surface area contributed by atoms with E-state index in [0.29, 0.717) is 6.04 Å². The highest BCUT2D eigenvalue weighted by Gasteiger charge is 2.22. The minimum absolute atomic E-state index is 0.0920. The largest absolute Gasteiger partial charge is 0.353 e. The summed E-state index contributed by atoms with van der Waals surface area (Å²) < 4.78 is 0. The molecular formula is C15H30N2O. The molecule has 1 amide bonds. The molecule has 1 unspecified atom stereocenters. The van der Waals surface area contributed by atoms with Crippen LogP contribution in [0.5, 0.6) is 0 Å². The van der Waals surface area contributed by atoms with Crippen molar-refractivity contribution in [3.05, 3.63) is 0 Å². The van der Waals surface area contributed by atoms with Gasteiger partial charge in [0.15, 0.2) is 0 Å². The van der Waals surface area contributed by atoms with Gasteiger partial charge in [-0.15, -0.1) is 0 Å². The molecule has 18 heavy (non-hydrogen) atoms. The van der Waals surface area contributed by atoms with Gasteiger partial charge in [0.05, 0.1) is 6.04 Å². The van der Waals surface area contributed by atoms with E-state index in [0.717, 1.165) is 5.92 Å². The summed E-state index contributed by atoms with van der Waals surface area (Å²) in [6.45, 7) is 8.19. The van der Waals surface area contributed by atoms with Crippen molar-refractivity contribution >= 4 is 5.91 Å². The molecule has 3 heteroatoms. The summed E-state index contributed by atoms with van der Waals surface area (Å²) in [6.07, 6.45) is 8.09. The van der Waals surface area contributed by atoms with Crippen LogP contribution in [0.1, 0.15) is 66.2 Å². The van der Waals surface area contributed by atoms with Crippen LogP contribution in [-0.2, 0) is 4.79 Å². The summed E-state index contributed by atoms with van der Waals surface area (Å²) >= 11 is 0. The van der Waals surface area contributed by atoms with Gasteiger partial charge in [-0.2, -0.15) is 0 Å².